The summed E-state index contributed by atoms with van der Waals surface area (Å²) in [5.74, 6) is 0.208. The molecule has 1 aliphatic rings. The first-order valence-electron chi connectivity index (χ1n) is 9.77. The third-order valence-electron chi connectivity index (χ3n) is 5.36. The fraction of sp³-hybridized carbons (Fsp3) is 0.391. The van der Waals surface area contributed by atoms with Crippen LogP contribution in [0.2, 0.25) is 0 Å². The van der Waals surface area contributed by atoms with Gasteiger partial charge in [0.15, 0.2) is 6.10 Å². The minimum absolute atomic E-state index is 0.00459. The van der Waals surface area contributed by atoms with Gasteiger partial charge in [-0.3, -0.25) is 4.79 Å². The molecule has 5 nitrogen and oxygen atoms in total. The van der Waals surface area contributed by atoms with Crippen LogP contribution in [0, 0.1) is 12.8 Å². The summed E-state index contributed by atoms with van der Waals surface area (Å²) in [7, 11) is 0. The largest absolute Gasteiger partial charge is 0.481 e. The first kappa shape index (κ1) is 19.9. The summed E-state index contributed by atoms with van der Waals surface area (Å²) in [6.07, 6.45) is 1.96. The van der Waals surface area contributed by atoms with Gasteiger partial charge in [-0.2, -0.15) is 0 Å². The lowest BCUT2D eigenvalue weighted by Gasteiger charge is -2.33. The van der Waals surface area contributed by atoms with Crippen molar-refractivity contribution < 1.29 is 19.4 Å². The van der Waals surface area contributed by atoms with Crippen LogP contribution in [0.3, 0.4) is 0 Å². The first-order valence-corrected chi connectivity index (χ1v) is 9.77. The van der Waals surface area contributed by atoms with Crippen molar-refractivity contribution >= 4 is 11.9 Å². The van der Waals surface area contributed by atoms with Crippen molar-refractivity contribution in [1.29, 1.82) is 0 Å². The Morgan fingerprint density at radius 3 is 2.39 bits per heavy atom. The van der Waals surface area contributed by atoms with E-state index in [0.717, 1.165) is 30.4 Å². The van der Waals surface area contributed by atoms with Gasteiger partial charge in [-0.1, -0.05) is 35.9 Å². The number of amides is 1. The Hall–Kier alpha value is -2.82. The number of piperidine rings is 1. The van der Waals surface area contributed by atoms with Gasteiger partial charge >= 0.3 is 5.97 Å². The predicted octanol–water partition coefficient (Wildman–Crippen LogP) is 3.94. The molecule has 1 fully saturated rings. The Labute approximate surface area is 165 Å². The third kappa shape index (κ3) is 4.91. The Morgan fingerprint density at radius 2 is 1.75 bits per heavy atom. The number of nitrogens with zero attached hydrogens (tertiary/aromatic N) is 1. The standard InChI is InChI=1S/C23H27NO4/c1-16-7-9-20(10-8-16)28-17(2)22(25)24-13-11-18(12-14-24)15-19-5-3-4-6-21(19)23(26)27/h3-10,17-18H,11-15H2,1-2H3,(H,26,27). The number of benzene rings is 2. The molecule has 1 unspecified atom stereocenters. The summed E-state index contributed by atoms with van der Waals surface area (Å²) in [6, 6.07) is 14.9. The Balaban J connectivity index is 1.52. The normalized spacial score (nSPS) is 15.9. The van der Waals surface area contributed by atoms with Gasteiger partial charge in [0.25, 0.3) is 5.91 Å². The van der Waals surface area contributed by atoms with Crippen molar-refractivity contribution in [3.05, 3.63) is 65.2 Å². The average molecular weight is 381 g/mol. The molecule has 1 amide bonds. The number of hydrogen-bond donors (Lipinski definition) is 1. The number of carboxylic acids is 1. The molecule has 28 heavy (non-hydrogen) atoms. The van der Waals surface area contributed by atoms with Crippen molar-refractivity contribution in [3.63, 3.8) is 0 Å². The molecule has 1 aliphatic heterocycles. The zero-order valence-electron chi connectivity index (χ0n) is 16.4. The number of carbonyl (C=O) groups is 2. The van der Waals surface area contributed by atoms with Crippen molar-refractivity contribution in [2.45, 2.75) is 39.2 Å². The Bertz CT molecular complexity index is 823. The molecule has 1 saturated heterocycles. The number of ether oxygens (including phenoxy) is 1. The number of carboxylic acid groups (broad SMARTS) is 1. The molecule has 0 aliphatic carbocycles. The van der Waals surface area contributed by atoms with Crippen LogP contribution in [0.15, 0.2) is 48.5 Å². The lowest BCUT2D eigenvalue weighted by molar-refractivity contribution is -0.139. The van der Waals surface area contributed by atoms with Gasteiger partial charge < -0.3 is 14.7 Å². The number of carbonyl (C=O) groups excluding carboxylic acids is 1. The molecule has 1 heterocycles. The van der Waals surface area contributed by atoms with Crippen LogP contribution >= 0.6 is 0 Å². The summed E-state index contributed by atoms with van der Waals surface area (Å²) >= 11 is 0. The topological polar surface area (TPSA) is 66.8 Å². The number of hydrogen-bond acceptors (Lipinski definition) is 3. The van der Waals surface area contributed by atoms with Crippen molar-refractivity contribution in [2.24, 2.45) is 5.92 Å². The average Bonchev–Trinajstić information content (AvgIpc) is 2.70. The number of aryl methyl sites for hydroxylation is 1. The Kier molecular flexibility index (Phi) is 6.34. The summed E-state index contributed by atoms with van der Waals surface area (Å²) in [4.78, 5) is 25.9. The minimum atomic E-state index is -0.884. The van der Waals surface area contributed by atoms with E-state index in [9.17, 15) is 14.7 Å². The van der Waals surface area contributed by atoms with Crippen LogP contribution in [0.4, 0.5) is 0 Å². The molecule has 0 saturated carbocycles. The molecule has 1 N–H and O–H groups in total. The van der Waals surface area contributed by atoms with E-state index in [0.29, 0.717) is 30.3 Å². The highest BCUT2D eigenvalue weighted by Crippen LogP contribution is 2.24. The van der Waals surface area contributed by atoms with E-state index in [2.05, 4.69) is 0 Å². The van der Waals surface area contributed by atoms with Crippen LogP contribution in [0.1, 0.15) is 41.3 Å². The molecule has 3 rings (SSSR count). The lowest BCUT2D eigenvalue weighted by atomic mass is 9.88. The van der Waals surface area contributed by atoms with E-state index >= 15 is 0 Å². The smallest absolute Gasteiger partial charge is 0.335 e. The minimum Gasteiger partial charge on any atom is -0.481 e. The molecule has 2 aromatic rings. The summed E-state index contributed by atoms with van der Waals surface area (Å²) in [5.41, 5.74) is 2.40. The second kappa shape index (κ2) is 8.91. The maximum atomic E-state index is 12.7. The summed E-state index contributed by atoms with van der Waals surface area (Å²) < 4.78 is 5.79. The number of aromatic carboxylic acids is 1. The molecular weight excluding hydrogens is 354 g/mol. The second-order valence-corrected chi connectivity index (χ2v) is 7.51. The number of rotatable bonds is 6. The monoisotopic (exact) mass is 381 g/mol. The maximum absolute atomic E-state index is 12.7. The highest BCUT2D eigenvalue weighted by molar-refractivity contribution is 5.89. The van der Waals surface area contributed by atoms with Gasteiger partial charge in [0.2, 0.25) is 0 Å². The molecular formula is C23H27NO4. The highest BCUT2D eigenvalue weighted by Gasteiger charge is 2.27. The fourth-order valence-corrected chi connectivity index (χ4v) is 3.70. The maximum Gasteiger partial charge on any atom is 0.335 e. The van der Waals surface area contributed by atoms with Gasteiger partial charge in [-0.25, -0.2) is 4.79 Å². The van der Waals surface area contributed by atoms with Gasteiger partial charge in [-0.05, 0) is 62.8 Å². The van der Waals surface area contributed by atoms with Crippen molar-refractivity contribution in [2.75, 3.05) is 13.1 Å². The molecule has 0 spiro atoms. The van der Waals surface area contributed by atoms with E-state index in [-0.39, 0.29) is 5.91 Å². The second-order valence-electron chi connectivity index (χ2n) is 7.51. The van der Waals surface area contributed by atoms with Gasteiger partial charge in [0, 0.05) is 13.1 Å². The van der Waals surface area contributed by atoms with E-state index in [1.807, 2.05) is 48.2 Å². The van der Waals surface area contributed by atoms with Crippen LogP contribution in [0.5, 0.6) is 5.75 Å². The lowest BCUT2D eigenvalue weighted by Crippen LogP contribution is -2.45. The molecule has 2 aromatic carbocycles. The van der Waals surface area contributed by atoms with Gasteiger partial charge in [0.1, 0.15) is 5.75 Å². The zero-order valence-corrected chi connectivity index (χ0v) is 16.4. The van der Waals surface area contributed by atoms with Crippen LogP contribution in [-0.2, 0) is 11.2 Å². The van der Waals surface area contributed by atoms with Crippen LogP contribution < -0.4 is 4.74 Å². The van der Waals surface area contributed by atoms with Crippen molar-refractivity contribution in [1.82, 2.24) is 4.90 Å². The number of likely N-dealkylation sites (tertiary alicyclic amines) is 1. The SMILES string of the molecule is Cc1ccc(OC(C)C(=O)N2CCC(Cc3ccccc3C(=O)O)CC2)cc1. The quantitative estimate of drug-likeness (QED) is 0.823. The molecule has 148 valence electrons. The van der Waals surface area contributed by atoms with E-state index in [1.54, 1.807) is 19.1 Å². The highest BCUT2D eigenvalue weighted by atomic mass is 16.5. The Morgan fingerprint density at radius 1 is 1.11 bits per heavy atom. The predicted molar refractivity (Wildman–Crippen MR) is 108 cm³/mol. The van der Waals surface area contributed by atoms with Crippen molar-refractivity contribution in [3.8, 4) is 5.75 Å². The zero-order chi connectivity index (χ0) is 20.1. The molecule has 0 radical (unpaired) electrons. The van der Waals surface area contributed by atoms with Gasteiger partial charge in [0.05, 0.1) is 5.56 Å². The molecule has 0 bridgehead atoms. The molecule has 5 heteroatoms. The van der Waals surface area contributed by atoms with Crippen LogP contribution in [0.25, 0.3) is 0 Å². The van der Waals surface area contributed by atoms with Gasteiger partial charge in [-0.15, -0.1) is 0 Å². The first-order chi connectivity index (χ1) is 13.4. The van der Waals surface area contributed by atoms with E-state index < -0.39 is 12.1 Å². The van der Waals surface area contributed by atoms with E-state index in [4.69, 9.17) is 4.74 Å². The summed E-state index contributed by atoms with van der Waals surface area (Å²) in [6.45, 7) is 5.16. The summed E-state index contributed by atoms with van der Waals surface area (Å²) in [5, 5.41) is 9.34. The van der Waals surface area contributed by atoms with Crippen LogP contribution in [-0.4, -0.2) is 41.1 Å². The molecule has 1 atom stereocenters. The third-order valence-corrected chi connectivity index (χ3v) is 5.36. The molecule has 0 aromatic heterocycles. The van der Waals surface area contributed by atoms with E-state index in [1.165, 1.54) is 0 Å². The fourth-order valence-electron chi connectivity index (χ4n) is 3.70.